The van der Waals surface area contributed by atoms with Crippen LogP contribution in [0, 0.1) is 17.8 Å². The van der Waals surface area contributed by atoms with E-state index in [1.54, 1.807) is 43.3 Å². The summed E-state index contributed by atoms with van der Waals surface area (Å²) in [4.78, 5) is 39.6. The molecular weight excluding hydrogens is 366 g/mol. The van der Waals surface area contributed by atoms with E-state index < -0.39 is 0 Å². The molecule has 0 spiro atoms. The van der Waals surface area contributed by atoms with Crippen molar-refractivity contribution in [1.29, 1.82) is 0 Å². The van der Waals surface area contributed by atoms with Crippen molar-refractivity contribution in [2.45, 2.75) is 6.42 Å². The molecule has 2 aromatic rings. The highest BCUT2D eigenvalue weighted by Crippen LogP contribution is 2.24. The molecule has 0 radical (unpaired) electrons. The Morgan fingerprint density at radius 1 is 1.10 bits per heavy atom. The third-order valence-electron chi connectivity index (χ3n) is 4.69. The van der Waals surface area contributed by atoms with Crippen LogP contribution in [0.3, 0.4) is 0 Å². The zero-order chi connectivity index (χ0) is 20.8. The van der Waals surface area contributed by atoms with Crippen LogP contribution in [0.25, 0.3) is 0 Å². The average Bonchev–Trinajstić information content (AvgIpc) is 3.13. The Bertz CT molecular complexity index is 956. The molecule has 0 aromatic heterocycles. The van der Waals surface area contributed by atoms with Gasteiger partial charge in [0, 0.05) is 43.9 Å². The maximum atomic E-state index is 12.4. The van der Waals surface area contributed by atoms with Crippen molar-refractivity contribution in [3.63, 3.8) is 0 Å². The molecule has 1 heterocycles. The van der Waals surface area contributed by atoms with Gasteiger partial charge >= 0.3 is 0 Å². The van der Waals surface area contributed by atoms with Crippen LogP contribution in [-0.2, 0) is 9.59 Å². The SMILES string of the molecule is CN(C)C(=O)c1ccc(C#CCNC(=O)C2CC(=O)N(c3ccccc3)C2)cc1. The van der Waals surface area contributed by atoms with E-state index >= 15 is 0 Å². The van der Waals surface area contributed by atoms with Gasteiger partial charge < -0.3 is 15.1 Å². The van der Waals surface area contributed by atoms with Gasteiger partial charge in [-0.2, -0.15) is 0 Å². The van der Waals surface area contributed by atoms with Gasteiger partial charge in [-0.15, -0.1) is 0 Å². The van der Waals surface area contributed by atoms with E-state index in [1.807, 2.05) is 30.3 Å². The van der Waals surface area contributed by atoms with Crippen LogP contribution in [0.5, 0.6) is 0 Å². The molecule has 1 fully saturated rings. The molecule has 148 valence electrons. The average molecular weight is 389 g/mol. The minimum absolute atomic E-state index is 0.0465. The van der Waals surface area contributed by atoms with Crippen LogP contribution in [0.2, 0.25) is 0 Å². The van der Waals surface area contributed by atoms with E-state index in [0.717, 1.165) is 11.3 Å². The fraction of sp³-hybridized carbons (Fsp3) is 0.261. The van der Waals surface area contributed by atoms with Crippen LogP contribution in [-0.4, -0.2) is 49.8 Å². The third kappa shape index (κ3) is 5.02. The van der Waals surface area contributed by atoms with Gasteiger partial charge in [-0.25, -0.2) is 0 Å². The number of amides is 3. The summed E-state index contributed by atoms with van der Waals surface area (Å²) in [5, 5.41) is 2.78. The summed E-state index contributed by atoms with van der Waals surface area (Å²) in [5.41, 5.74) is 2.17. The van der Waals surface area contributed by atoms with Crippen molar-refractivity contribution in [3.8, 4) is 11.8 Å². The van der Waals surface area contributed by atoms with E-state index in [1.165, 1.54) is 4.90 Å². The van der Waals surface area contributed by atoms with Crippen LogP contribution in [0.1, 0.15) is 22.3 Å². The number of hydrogen-bond acceptors (Lipinski definition) is 3. The Balaban J connectivity index is 1.51. The second-order valence-electron chi connectivity index (χ2n) is 7.04. The lowest BCUT2D eigenvalue weighted by Gasteiger charge is -2.16. The van der Waals surface area contributed by atoms with Crippen LogP contribution in [0.4, 0.5) is 5.69 Å². The van der Waals surface area contributed by atoms with Gasteiger partial charge in [0.25, 0.3) is 5.91 Å². The summed E-state index contributed by atoms with van der Waals surface area (Å²) in [5.74, 6) is 5.22. The zero-order valence-corrected chi connectivity index (χ0v) is 16.5. The maximum Gasteiger partial charge on any atom is 0.253 e. The van der Waals surface area contributed by atoms with Gasteiger partial charge in [0.05, 0.1) is 12.5 Å². The lowest BCUT2D eigenvalue weighted by molar-refractivity contribution is -0.126. The number of para-hydroxylation sites is 1. The standard InChI is InChI=1S/C23H23N3O3/c1-25(2)23(29)18-12-10-17(11-13-18)7-6-14-24-22(28)19-15-21(27)26(16-19)20-8-4-3-5-9-20/h3-5,8-13,19H,14-16H2,1-2H3,(H,24,28). The molecular formula is C23H23N3O3. The van der Waals surface area contributed by atoms with Crippen molar-refractivity contribution in [3.05, 3.63) is 65.7 Å². The molecule has 2 aromatic carbocycles. The Morgan fingerprint density at radius 2 is 1.79 bits per heavy atom. The van der Waals surface area contributed by atoms with Crippen molar-refractivity contribution >= 4 is 23.4 Å². The fourth-order valence-corrected chi connectivity index (χ4v) is 3.12. The quantitative estimate of drug-likeness (QED) is 0.812. The van der Waals surface area contributed by atoms with Crippen molar-refractivity contribution in [2.75, 3.05) is 32.1 Å². The van der Waals surface area contributed by atoms with E-state index in [2.05, 4.69) is 17.2 Å². The minimum Gasteiger partial charge on any atom is -0.345 e. The molecule has 1 aliphatic rings. The first-order valence-electron chi connectivity index (χ1n) is 9.39. The number of nitrogens with one attached hydrogen (secondary N) is 1. The highest BCUT2D eigenvalue weighted by molar-refractivity contribution is 6.00. The number of hydrogen-bond donors (Lipinski definition) is 1. The molecule has 3 amide bonds. The van der Waals surface area contributed by atoms with E-state index in [4.69, 9.17) is 0 Å². The lowest BCUT2D eigenvalue weighted by atomic mass is 10.1. The van der Waals surface area contributed by atoms with Gasteiger partial charge in [0.1, 0.15) is 0 Å². The highest BCUT2D eigenvalue weighted by atomic mass is 16.2. The second kappa shape index (κ2) is 9.07. The Hall–Kier alpha value is -3.59. The molecule has 29 heavy (non-hydrogen) atoms. The highest BCUT2D eigenvalue weighted by Gasteiger charge is 2.34. The molecule has 0 bridgehead atoms. The van der Waals surface area contributed by atoms with Gasteiger partial charge in [-0.1, -0.05) is 30.0 Å². The first-order valence-corrected chi connectivity index (χ1v) is 9.39. The Labute approximate surface area is 170 Å². The summed E-state index contributed by atoms with van der Waals surface area (Å²) in [6.07, 6.45) is 0.204. The molecule has 1 unspecified atom stereocenters. The minimum atomic E-state index is -0.374. The molecule has 0 saturated carbocycles. The number of carbonyl (C=O) groups is 3. The molecule has 6 nitrogen and oxygen atoms in total. The summed E-state index contributed by atoms with van der Waals surface area (Å²) in [6.45, 7) is 0.580. The number of benzene rings is 2. The number of rotatable bonds is 4. The summed E-state index contributed by atoms with van der Waals surface area (Å²) >= 11 is 0. The molecule has 6 heteroatoms. The van der Waals surface area contributed by atoms with E-state index in [-0.39, 0.29) is 36.6 Å². The number of carbonyl (C=O) groups excluding carboxylic acids is 3. The Kier molecular flexibility index (Phi) is 6.30. The zero-order valence-electron chi connectivity index (χ0n) is 16.5. The van der Waals surface area contributed by atoms with E-state index in [0.29, 0.717) is 12.1 Å². The largest absolute Gasteiger partial charge is 0.345 e. The normalized spacial score (nSPS) is 15.4. The van der Waals surface area contributed by atoms with Crippen LogP contribution in [0.15, 0.2) is 54.6 Å². The molecule has 1 N–H and O–H groups in total. The molecule has 1 aliphatic heterocycles. The summed E-state index contributed by atoms with van der Waals surface area (Å²) < 4.78 is 0. The predicted molar refractivity (Wildman–Crippen MR) is 111 cm³/mol. The smallest absolute Gasteiger partial charge is 0.253 e. The van der Waals surface area contributed by atoms with Crippen LogP contribution < -0.4 is 10.2 Å². The molecule has 1 atom stereocenters. The first-order chi connectivity index (χ1) is 14.0. The monoisotopic (exact) mass is 389 g/mol. The molecule has 3 rings (SSSR count). The second-order valence-corrected chi connectivity index (χ2v) is 7.04. The molecule has 1 saturated heterocycles. The number of anilines is 1. The van der Waals surface area contributed by atoms with Gasteiger partial charge in [0.15, 0.2) is 0 Å². The van der Waals surface area contributed by atoms with Gasteiger partial charge in [-0.3, -0.25) is 14.4 Å². The third-order valence-corrected chi connectivity index (χ3v) is 4.69. The summed E-state index contributed by atoms with van der Waals surface area (Å²) in [6, 6.07) is 16.4. The van der Waals surface area contributed by atoms with Crippen molar-refractivity contribution in [2.24, 2.45) is 5.92 Å². The Morgan fingerprint density at radius 3 is 2.45 bits per heavy atom. The topological polar surface area (TPSA) is 69.7 Å². The van der Waals surface area contributed by atoms with Crippen molar-refractivity contribution in [1.82, 2.24) is 10.2 Å². The van der Waals surface area contributed by atoms with Gasteiger partial charge in [-0.05, 0) is 36.4 Å². The van der Waals surface area contributed by atoms with Gasteiger partial charge in [0.2, 0.25) is 11.8 Å². The molecule has 0 aliphatic carbocycles. The van der Waals surface area contributed by atoms with Crippen LogP contribution >= 0.6 is 0 Å². The first kappa shape index (κ1) is 20.2. The summed E-state index contributed by atoms with van der Waals surface area (Å²) in [7, 11) is 3.41. The fourth-order valence-electron chi connectivity index (χ4n) is 3.12. The number of nitrogens with zero attached hydrogens (tertiary/aromatic N) is 2. The lowest BCUT2D eigenvalue weighted by Crippen LogP contribution is -2.33. The predicted octanol–water partition coefficient (Wildman–Crippen LogP) is 1.91. The maximum absolute atomic E-state index is 12.4. The van der Waals surface area contributed by atoms with E-state index in [9.17, 15) is 14.4 Å². The van der Waals surface area contributed by atoms with Crippen molar-refractivity contribution < 1.29 is 14.4 Å².